The lowest BCUT2D eigenvalue weighted by Crippen LogP contribution is -2.36. The van der Waals surface area contributed by atoms with Crippen LogP contribution in [0.1, 0.15) is 47.6 Å². The molecule has 0 aliphatic heterocycles. The van der Waals surface area contributed by atoms with Gasteiger partial charge in [0.05, 0.1) is 0 Å². The Morgan fingerprint density at radius 2 is 1.23 bits per heavy atom. The first-order chi connectivity index (χ1) is 12.3. The Morgan fingerprint density at radius 1 is 0.654 bits per heavy atom. The summed E-state index contributed by atoms with van der Waals surface area (Å²) in [7, 11) is 2.20. The molecule has 0 unspecified atom stereocenters. The molecule has 0 aliphatic rings. The summed E-state index contributed by atoms with van der Waals surface area (Å²) in [6.07, 6.45) is 0. The highest BCUT2D eigenvalue weighted by Gasteiger charge is 2.24. The van der Waals surface area contributed by atoms with Gasteiger partial charge in [-0.05, 0) is 68.5 Å². The average Bonchev–Trinajstić information content (AvgIpc) is 2.57. The largest absolute Gasteiger partial charge is 0.215 e. The van der Waals surface area contributed by atoms with Crippen molar-refractivity contribution in [3.8, 4) is 22.5 Å². The quantitative estimate of drug-likeness (QED) is 0.498. The monoisotopic (exact) mass is 344 g/mol. The van der Waals surface area contributed by atoms with Crippen molar-refractivity contribution in [2.45, 2.75) is 47.5 Å². The Kier molecular flexibility index (Phi) is 5.00. The molecule has 1 heterocycles. The SMILES string of the molecule is Cc1ccccc1-c1c(C)cc(C)c(-c2ccc(C(C)C)cc2C)[n+]1C. The predicted molar refractivity (Wildman–Crippen MR) is 112 cm³/mol. The summed E-state index contributed by atoms with van der Waals surface area (Å²) in [5.41, 5.74) is 11.9. The van der Waals surface area contributed by atoms with Crippen LogP contribution in [0.15, 0.2) is 48.5 Å². The van der Waals surface area contributed by atoms with Crippen LogP contribution in [0.4, 0.5) is 0 Å². The summed E-state index contributed by atoms with van der Waals surface area (Å²) < 4.78 is 2.38. The molecule has 3 aromatic rings. The van der Waals surface area contributed by atoms with Crippen molar-refractivity contribution in [1.29, 1.82) is 0 Å². The fraction of sp³-hybridized carbons (Fsp3) is 0.320. The van der Waals surface area contributed by atoms with E-state index in [0.717, 1.165) is 0 Å². The third-order valence-corrected chi connectivity index (χ3v) is 5.42. The summed E-state index contributed by atoms with van der Waals surface area (Å²) in [6.45, 7) is 13.4. The van der Waals surface area contributed by atoms with E-state index in [9.17, 15) is 0 Å². The molecular formula is C25H30N+. The highest BCUT2D eigenvalue weighted by Crippen LogP contribution is 2.31. The topological polar surface area (TPSA) is 3.88 Å². The second-order valence-electron chi connectivity index (χ2n) is 7.81. The van der Waals surface area contributed by atoms with Gasteiger partial charge in [-0.2, -0.15) is 4.57 Å². The molecule has 134 valence electrons. The molecular weight excluding hydrogens is 314 g/mol. The Hall–Kier alpha value is -2.41. The van der Waals surface area contributed by atoms with E-state index in [1.54, 1.807) is 0 Å². The molecule has 0 radical (unpaired) electrons. The number of hydrogen-bond donors (Lipinski definition) is 0. The van der Waals surface area contributed by atoms with E-state index in [1.807, 2.05) is 0 Å². The van der Waals surface area contributed by atoms with Gasteiger partial charge < -0.3 is 0 Å². The molecule has 0 aliphatic carbocycles. The zero-order valence-corrected chi connectivity index (χ0v) is 17.1. The number of aromatic nitrogens is 1. The number of pyridine rings is 1. The Balaban J connectivity index is 2.27. The molecule has 2 aromatic carbocycles. The highest BCUT2D eigenvalue weighted by molar-refractivity contribution is 5.70. The van der Waals surface area contributed by atoms with E-state index in [2.05, 4.69) is 102 Å². The van der Waals surface area contributed by atoms with Gasteiger partial charge in [0.25, 0.3) is 0 Å². The number of rotatable bonds is 3. The Labute approximate surface area is 158 Å². The first kappa shape index (κ1) is 18.4. The zero-order valence-electron chi connectivity index (χ0n) is 17.1. The standard InChI is InChI=1S/C25H30N/c1-16(2)21-12-13-23(18(4)15-21)25-20(6)14-19(5)24(26(25)7)22-11-9-8-10-17(22)3/h8-16H,1-7H3/q+1. The van der Waals surface area contributed by atoms with Gasteiger partial charge in [0.2, 0.25) is 11.4 Å². The summed E-state index contributed by atoms with van der Waals surface area (Å²) >= 11 is 0. The molecule has 0 N–H and O–H groups in total. The van der Waals surface area contributed by atoms with Crippen LogP contribution in [-0.2, 0) is 7.05 Å². The summed E-state index contributed by atoms with van der Waals surface area (Å²) in [5.74, 6) is 0.554. The highest BCUT2D eigenvalue weighted by atomic mass is 15.0. The molecule has 0 saturated heterocycles. The van der Waals surface area contributed by atoms with Crippen LogP contribution in [0, 0.1) is 27.7 Å². The summed E-state index contributed by atoms with van der Waals surface area (Å²) in [5, 5.41) is 0. The molecule has 0 bridgehead atoms. The van der Waals surface area contributed by atoms with E-state index in [-0.39, 0.29) is 0 Å². The first-order valence-electron chi connectivity index (χ1n) is 9.48. The maximum absolute atomic E-state index is 2.38. The fourth-order valence-corrected chi connectivity index (χ4v) is 4.04. The van der Waals surface area contributed by atoms with Gasteiger partial charge in [0.15, 0.2) is 0 Å². The van der Waals surface area contributed by atoms with E-state index < -0.39 is 0 Å². The second-order valence-corrected chi connectivity index (χ2v) is 7.81. The third-order valence-electron chi connectivity index (χ3n) is 5.42. The van der Waals surface area contributed by atoms with Crippen molar-refractivity contribution in [3.05, 3.63) is 76.3 Å². The second kappa shape index (κ2) is 7.07. The lowest BCUT2D eigenvalue weighted by molar-refractivity contribution is -0.649. The molecule has 0 fully saturated rings. The number of aryl methyl sites for hydroxylation is 4. The zero-order chi connectivity index (χ0) is 19.0. The minimum absolute atomic E-state index is 0.554. The lowest BCUT2D eigenvalue weighted by atomic mass is 9.93. The van der Waals surface area contributed by atoms with Crippen molar-refractivity contribution in [3.63, 3.8) is 0 Å². The third kappa shape index (κ3) is 3.19. The average molecular weight is 345 g/mol. The number of nitrogens with zero attached hydrogens (tertiary/aromatic N) is 1. The maximum atomic E-state index is 2.38. The molecule has 1 heteroatoms. The van der Waals surface area contributed by atoms with Gasteiger partial charge in [-0.1, -0.05) is 44.2 Å². The van der Waals surface area contributed by atoms with Crippen LogP contribution in [-0.4, -0.2) is 0 Å². The molecule has 3 rings (SSSR count). The van der Waals surface area contributed by atoms with Crippen molar-refractivity contribution in [2.75, 3.05) is 0 Å². The van der Waals surface area contributed by atoms with E-state index in [1.165, 1.54) is 50.3 Å². The van der Waals surface area contributed by atoms with Crippen LogP contribution >= 0.6 is 0 Å². The lowest BCUT2D eigenvalue weighted by Gasteiger charge is -2.15. The minimum atomic E-state index is 0.554. The normalized spacial score (nSPS) is 11.2. The van der Waals surface area contributed by atoms with E-state index in [0.29, 0.717) is 5.92 Å². The number of benzene rings is 2. The summed E-state index contributed by atoms with van der Waals surface area (Å²) in [4.78, 5) is 0. The van der Waals surface area contributed by atoms with Crippen molar-refractivity contribution < 1.29 is 4.57 Å². The first-order valence-corrected chi connectivity index (χ1v) is 9.48. The van der Waals surface area contributed by atoms with Gasteiger partial charge in [0.1, 0.15) is 7.05 Å². The van der Waals surface area contributed by atoms with E-state index >= 15 is 0 Å². The molecule has 1 nitrogen and oxygen atoms in total. The van der Waals surface area contributed by atoms with Crippen LogP contribution in [0.2, 0.25) is 0 Å². The smallest absolute Gasteiger partial charge is 0.194 e. The molecule has 1 aromatic heterocycles. The van der Waals surface area contributed by atoms with Gasteiger partial charge >= 0.3 is 0 Å². The molecule has 26 heavy (non-hydrogen) atoms. The molecule has 0 atom stereocenters. The van der Waals surface area contributed by atoms with Gasteiger partial charge in [-0.3, -0.25) is 0 Å². The van der Waals surface area contributed by atoms with Crippen molar-refractivity contribution in [1.82, 2.24) is 0 Å². The summed E-state index contributed by atoms with van der Waals surface area (Å²) in [6, 6.07) is 17.9. The fourth-order valence-electron chi connectivity index (χ4n) is 4.04. The van der Waals surface area contributed by atoms with Crippen LogP contribution in [0.5, 0.6) is 0 Å². The van der Waals surface area contributed by atoms with Crippen molar-refractivity contribution >= 4 is 0 Å². The Morgan fingerprint density at radius 3 is 1.77 bits per heavy atom. The Bertz CT molecular complexity index is 964. The number of hydrogen-bond acceptors (Lipinski definition) is 0. The minimum Gasteiger partial charge on any atom is -0.194 e. The molecule has 0 spiro atoms. The van der Waals surface area contributed by atoms with Crippen LogP contribution < -0.4 is 4.57 Å². The van der Waals surface area contributed by atoms with Crippen LogP contribution in [0.25, 0.3) is 22.5 Å². The van der Waals surface area contributed by atoms with Gasteiger partial charge in [0, 0.05) is 22.3 Å². The van der Waals surface area contributed by atoms with Crippen molar-refractivity contribution in [2.24, 2.45) is 7.05 Å². The molecule has 0 amide bonds. The predicted octanol–water partition coefficient (Wildman–Crippen LogP) is 6.20. The maximum Gasteiger partial charge on any atom is 0.215 e. The van der Waals surface area contributed by atoms with Gasteiger partial charge in [-0.15, -0.1) is 0 Å². The molecule has 0 saturated carbocycles. The van der Waals surface area contributed by atoms with Crippen LogP contribution in [0.3, 0.4) is 0 Å². The van der Waals surface area contributed by atoms with Gasteiger partial charge in [-0.25, -0.2) is 0 Å². The van der Waals surface area contributed by atoms with E-state index in [4.69, 9.17) is 0 Å².